The van der Waals surface area contributed by atoms with Crippen molar-refractivity contribution in [2.75, 3.05) is 13.2 Å². The Morgan fingerprint density at radius 2 is 1.57 bits per heavy atom. The molecule has 2 aromatic rings. The largest absolute Gasteiger partial charge is 0.490 e. The summed E-state index contributed by atoms with van der Waals surface area (Å²) >= 11 is 0. The number of benzene rings is 1. The topological polar surface area (TPSA) is 60.0 Å². The van der Waals surface area contributed by atoms with Gasteiger partial charge in [-0.05, 0) is 25.0 Å². The minimum absolute atomic E-state index is 0.693. The highest BCUT2D eigenvalue weighted by molar-refractivity contribution is 5.83. The number of hydrogen-bond donors (Lipinski definition) is 1. The second-order valence-electron chi connectivity index (χ2n) is 5.92. The van der Waals surface area contributed by atoms with Crippen LogP contribution >= 0.6 is 0 Å². The lowest BCUT2D eigenvalue weighted by atomic mass is 10.2. The summed E-state index contributed by atoms with van der Waals surface area (Å²) in [5.74, 6) is 1.50. The summed E-state index contributed by atoms with van der Waals surface area (Å²) in [4.78, 5) is 0. The van der Waals surface area contributed by atoms with Crippen molar-refractivity contribution in [3.05, 3.63) is 12.1 Å². The third-order valence-corrected chi connectivity index (χ3v) is 3.92. The van der Waals surface area contributed by atoms with Crippen molar-refractivity contribution in [3.8, 4) is 11.5 Å². The van der Waals surface area contributed by atoms with Crippen LogP contribution in [-0.2, 0) is 0 Å². The van der Waals surface area contributed by atoms with Gasteiger partial charge in [-0.25, -0.2) is 0 Å². The van der Waals surface area contributed by atoms with E-state index in [1.165, 1.54) is 38.5 Å². The van der Waals surface area contributed by atoms with Crippen molar-refractivity contribution in [2.24, 2.45) is 0 Å². The standard InChI is InChI=1S/C18H29N3O2/c1-3-5-7-9-13-22-16-12-11-15-17(20-21-19-15)18(16)23-14-10-8-6-4-2/h11-12H,3-10,13-14H2,1-2H3,(H,19,20,21). The number of H-pyrrole nitrogens is 1. The molecule has 0 aliphatic heterocycles. The Morgan fingerprint density at radius 3 is 2.26 bits per heavy atom. The minimum Gasteiger partial charge on any atom is -0.490 e. The molecule has 0 fully saturated rings. The summed E-state index contributed by atoms with van der Waals surface area (Å²) in [7, 11) is 0. The van der Waals surface area contributed by atoms with Crippen LogP contribution in [0.5, 0.6) is 11.5 Å². The maximum absolute atomic E-state index is 5.99. The van der Waals surface area contributed by atoms with Crippen LogP contribution in [0.2, 0.25) is 0 Å². The van der Waals surface area contributed by atoms with Gasteiger partial charge in [0.1, 0.15) is 0 Å². The SMILES string of the molecule is CCCCCCOc1ccc2[nH]nnc2c1OCCCCCC. The molecule has 1 aromatic heterocycles. The molecule has 0 aliphatic rings. The van der Waals surface area contributed by atoms with Crippen molar-refractivity contribution in [2.45, 2.75) is 65.2 Å². The molecule has 0 amide bonds. The van der Waals surface area contributed by atoms with E-state index in [0.717, 1.165) is 42.0 Å². The second-order valence-corrected chi connectivity index (χ2v) is 5.92. The number of fused-ring (bicyclic) bond motifs is 1. The quantitative estimate of drug-likeness (QED) is 0.567. The number of aromatic amines is 1. The molecule has 0 spiro atoms. The van der Waals surface area contributed by atoms with E-state index in [4.69, 9.17) is 9.47 Å². The third-order valence-electron chi connectivity index (χ3n) is 3.92. The molecule has 0 saturated carbocycles. The van der Waals surface area contributed by atoms with E-state index in [-0.39, 0.29) is 0 Å². The van der Waals surface area contributed by atoms with Crippen LogP contribution in [0.1, 0.15) is 65.2 Å². The summed E-state index contributed by atoms with van der Waals surface area (Å²) in [6.45, 7) is 5.83. The van der Waals surface area contributed by atoms with Crippen molar-refractivity contribution >= 4 is 11.0 Å². The molecular weight excluding hydrogens is 290 g/mol. The van der Waals surface area contributed by atoms with Crippen LogP contribution in [0.15, 0.2) is 12.1 Å². The molecule has 23 heavy (non-hydrogen) atoms. The third kappa shape index (κ3) is 5.41. The fourth-order valence-corrected chi connectivity index (χ4v) is 2.54. The Bertz CT molecular complexity index is 568. The predicted molar refractivity (Wildman–Crippen MR) is 93.2 cm³/mol. The van der Waals surface area contributed by atoms with Gasteiger partial charge in [-0.1, -0.05) is 57.6 Å². The molecule has 1 aromatic carbocycles. The van der Waals surface area contributed by atoms with Crippen molar-refractivity contribution in [1.29, 1.82) is 0 Å². The summed E-state index contributed by atoms with van der Waals surface area (Å²) in [6, 6.07) is 3.89. The lowest BCUT2D eigenvalue weighted by Gasteiger charge is -2.13. The molecule has 5 nitrogen and oxygen atoms in total. The van der Waals surface area contributed by atoms with Crippen LogP contribution < -0.4 is 9.47 Å². The Labute approximate surface area is 138 Å². The van der Waals surface area contributed by atoms with E-state index in [9.17, 15) is 0 Å². The number of nitrogens with one attached hydrogen (secondary N) is 1. The maximum Gasteiger partial charge on any atom is 0.191 e. The van der Waals surface area contributed by atoms with Crippen LogP contribution in [0, 0.1) is 0 Å². The van der Waals surface area contributed by atoms with Crippen molar-refractivity contribution in [3.63, 3.8) is 0 Å². The zero-order valence-electron chi connectivity index (χ0n) is 14.4. The summed E-state index contributed by atoms with van der Waals surface area (Å²) < 4.78 is 11.9. The van der Waals surface area contributed by atoms with E-state index in [1.54, 1.807) is 0 Å². The molecule has 0 unspecified atom stereocenters. The molecule has 5 heteroatoms. The molecule has 0 saturated heterocycles. The highest BCUT2D eigenvalue weighted by Gasteiger charge is 2.13. The number of ether oxygens (including phenoxy) is 2. The highest BCUT2D eigenvalue weighted by atomic mass is 16.5. The zero-order chi connectivity index (χ0) is 16.3. The van der Waals surface area contributed by atoms with Gasteiger partial charge in [0.15, 0.2) is 17.0 Å². The summed E-state index contributed by atoms with van der Waals surface area (Å²) in [5.41, 5.74) is 1.64. The predicted octanol–water partition coefficient (Wildman–Crippen LogP) is 4.88. The van der Waals surface area contributed by atoms with Gasteiger partial charge in [0.05, 0.1) is 18.7 Å². The number of nitrogens with zero attached hydrogens (tertiary/aromatic N) is 2. The van der Waals surface area contributed by atoms with Gasteiger partial charge in [0.2, 0.25) is 0 Å². The maximum atomic E-state index is 5.99. The van der Waals surface area contributed by atoms with Crippen LogP contribution in [0.25, 0.3) is 11.0 Å². The zero-order valence-corrected chi connectivity index (χ0v) is 14.4. The highest BCUT2D eigenvalue weighted by Crippen LogP contribution is 2.34. The van der Waals surface area contributed by atoms with Crippen LogP contribution in [0.3, 0.4) is 0 Å². The molecule has 0 aliphatic carbocycles. The van der Waals surface area contributed by atoms with Crippen LogP contribution in [0.4, 0.5) is 0 Å². The van der Waals surface area contributed by atoms with Crippen LogP contribution in [-0.4, -0.2) is 28.6 Å². The Morgan fingerprint density at radius 1 is 0.870 bits per heavy atom. The summed E-state index contributed by atoms with van der Waals surface area (Å²) in [6.07, 6.45) is 9.49. The van der Waals surface area contributed by atoms with E-state index >= 15 is 0 Å². The van der Waals surface area contributed by atoms with Gasteiger partial charge in [0, 0.05) is 0 Å². The average Bonchev–Trinajstić information content (AvgIpc) is 3.04. The molecular formula is C18H29N3O2. The fourth-order valence-electron chi connectivity index (χ4n) is 2.54. The van der Waals surface area contributed by atoms with Gasteiger partial charge in [-0.15, -0.1) is 5.10 Å². The van der Waals surface area contributed by atoms with E-state index < -0.39 is 0 Å². The smallest absolute Gasteiger partial charge is 0.191 e. The first-order chi connectivity index (χ1) is 11.4. The van der Waals surface area contributed by atoms with E-state index in [0.29, 0.717) is 6.61 Å². The van der Waals surface area contributed by atoms with Gasteiger partial charge >= 0.3 is 0 Å². The molecule has 128 valence electrons. The Balaban J connectivity index is 1.96. The lowest BCUT2D eigenvalue weighted by Crippen LogP contribution is -2.03. The molecule has 2 rings (SSSR count). The monoisotopic (exact) mass is 319 g/mol. The first-order valence-electron chi connectivity index (χ1n) is 8.96. The Hall–Kier alpha value is -1.78. The van der Waals surface area contributed by atoms with Gasteiger partial charge < -0.3 is 9.47 Å². The fraction of sp³-hybridized carbons (Fsp3) is 0.667. The lowest BCUT2D eigenvalue weighted by molar-refractivity contribution is 0.261. The minimum atomic E-state index is 0.693. The van der Waals surface area contributed by atoms with Crippen molar-refractivity contribution < 1.29 is 9.47 Å². The average molecular weight is 319 g/mol. The Kier molecular flexibility index (Phi) is 7.70. The van der Waals surface area contributed by atoms with Gasteiger partial charge in [-0.2, -0.15) is 0 Å². The number of unbranched alkanes of at least 4 members (excludes halogenated alkanes) is 6. The number of rotatable bonds is 12. The van der Waals surface area contributed by atoms with Gasteiger partial charge in [0.25, 0.3) is 0 Å². The van der Waals surface area contributed by atoms with E-state index in [1.807, 2.05) is 12.1 Å². The molecule has 0 bridgehead atoms. The summed E-state index contributed by atoms with van der Waals surface area (Å²) in [5, 5.41) is 10.9. The van der Waals surface area contributed by atoms with E-state index in [2.05, 4.69) is 29.3 Å². The first-order valence-corrected chi connectivity index (χ1v) is 8.96. The second kappa shape index (κ2) is 10.1. The molecule has 0 atom stereocenters. The normalized spacial score (nSPS) is 11.0. The molecule has 1 heterocycles. The molecule has 0 radical (unpaired) electrons. The molecule has 1 N–H and O–H groups in total. The van der Waals surface area contributed by atoms with Gasteiger partial charge in [-0.3, -0.25) is 5.10 Å². The first kappa shape index (κ1) is 17.6. The van der Waals surface area contributed by atoms with Crippen molar-refractivity contribution in [1.82, 2.24) is 15.4 Å². The number of hydrogen-bond acceptors (Lipinski definition) is 4. The number of aromatic nitrogens is 3.